The molecule has 23 heavy (non-hydrogen) atoms. The molecule has 1 aromatic heterocycles. The Morgan fingerprint density at radius 3 is 3.09 bits per heavy atom. The standard InChI is InChI=1S/C17H20N2O3S/c1-22-15-7-3-2-6-13(15)16-18-14(11-23-16)17(21)19-8-4-5-12(9-19)10-20/h2-3,6-7,11-12,20H,4-5,8-10H2,1H3. The van der Waals surface area contributed by atoms with Crippen LogP contribution >= 0.6 is 11.3 Å². The minimum absolute atomic E-state index is 0.0550. The molecule has 1 N–H and O–H groups in total. The summed E-state index contributed by atoms with van der Waals surface area (Å²) in [5.41, 5.74) is 1.36. The SMILES string of the molecule is COc1ccccc1-c1nc(C(=O)N2CCCC(CO)C2)cs1. The quantitative estimate of drug-likeness (QED) is 0.935. The number of aromatic nitrogens is 1. The lowest BCUT2D eigenvalue weighted by Gasteiger charge is -2.31. The number of likely N-dealkylation sites (tertiary alicyclic amines) is 1. The van der Waals surface area contributed by atoms with E-state index >= 15 is 0 Å². The van der Waals surface area contributed by atoms with Crippen LogP contribution in [0.25, 0.3) is 10.6 Å². The number of thiazole rings is 1. The molecule has 1 aliphatic heterocycles. The number of amides is 1. The van der Waals surface area contributed by atoms with E-state index in [1.807, 2.05) is 24.3 Å². The monoisotopic (exact) mass is 332 g/mol. The summed E-state index contributed by atoms with van der Waals surface area (Å²) in [6, 6.07) is 7.66. The largest absolute Gasteiger partial charge is 0.496 e. The first-order valence-corrected chi connectivity index (χ1v) is 8.60. The number of nitrogens with zero attached hydrogens (tertiary/aromatic N) is 2. The molecule has 5 nitrogen and oxygen atoms in total. The fourth-order valence-corrected chi connectivity index (χ4v) is 3.70. The van der Waals surface area contributed by atoms with Gasteiger partial charge in [-0.3, -0.25) is 4.79 Å². The normalized spacial score (nSPS) is 18.0. The molecule has 1 aromatic carbocycles. The molecule has 3 rings (SSSR count). The maximum Gasteiger partial charge on any atom is 0.273 e. The Morgan fingerprint density at radius 1 is 1.48 bits per heavy atom. The number of hydrogen-bond donors (Lipinski definition) is 1. The molecule has 6 heteroatoms. The van der Waals surface area contributed by atoms with Crippen LogP contribution in [0.5, 0.6) is 5.75 Å². The lowest BCUT2D eigenvalue weighted by molar-refractivity contribution is 0.0616. The van der Waals surface area contributed by atoms with Gasteiger partial charge in [0.25, 0.3) is 5.91 Å². The molecule has 0 aliphatic carbocycles. The first-order chi connectivity index (χ1) is 11.2. The number of carbonyl (C=O) groups is 1. The minimum Gasteiger partial charge on any atom is -0.496 e. The highest BCUT2D eigenvalue weighted by Crippen LogP contribution is 2.32. The van der Waals surface area contributed by atoms with Crippen molar-refractivity contribution in [3.8, 4) is 16.3 Å². The molecule has 0 bridgehead atoms. The number of ether oxygens (including phenoxy) is 1. The van der Waals surface area contributed by atoms with Gasteiger partial charge in [0.05, 0.1) is 12.7 Å². The number of aliphatic hydroxyl groups excluding tert-OH is 1. The van der Waals surface area contributed by atoms with Crippen molar-refractivity contribution in [2.75, 3.05) is 26.8 Å². The van der Waals surface area contributed by atoms with Gasteiger partial charge in [-0.05, 0) is 30.9 Å². The molecule has 1 atom stereocenters. The molecule has 122 valence electrons. The van der Waals surface area contributed by atoms with Gasteiger partial charge in [-0.15, -0.1) is 11.3 Å². The van der Waals surface area contributed by atoms with Crippen molar-refractivity contribution >= 4 is 17.2 Å². The second-order valence-corrected chi connectivity index (χ2v) is 6.54. The van der Waals surface area contributed by atoms with Crippen molar-refractivity contribution in [1.82, 2.24) is 9.88 Å². The molecule has 0 saturated carbocycles. The van der Waals surface area contributed by atoms with Crippen LogP contribution in [0.3, 0.4) is 0 Å². The number of benzene rings is 1. The van der Waals surface area contributed by atoms with Gasteiger partial charge in [0.1, 0.15) is 16.5 Å². The van der Waals surface area contributed by atoms with Crippen molar-refractivity contribution in [2.45, 2.75) is 12.8 Å². The van der Waals surface area contributed by atoms with Gasteiger partial charge in [0.15, 0.2) is 0 Å². The summed E-state index contributed by atoms with van der Waals surface area (Å²) in [6.07, 6.45) is 1.91. The minimum atomic E-state index is -0.0550. The van der Waals surface area contributed by atoms with Gasteiger partial charge >= 0.3 is 0 Å². The number of carbonyl (C=O) groups excluding carboxylic acids is 1. The van der Waals surface area contributed by atoms with Gasteiger partial charge < -0.3 is 14.7 Å². The number of para-hydroxylation sites is 1. The van der Waals surface area contributed by atoms with Gasteiger partial charge in [0.2, 0.25) is 0 Å². The summed E-state index contributed by atoms with van der Waals surface area (Å²) in [4.78, 5) is 18.9. The molecule has 1 aliphatic rings. The highest BCUT2D eigenvalue weighted by atomic mass is 32.1. The van der Waals surface area contributed by atoms with E-state index < -0.39 is 0 Å². The van der Waals surface area contributed by atoms with Gasteiger partial charge in [-0.25, -0.2) is 4.98 Å². The third kappa shape index (κ3) is 3.38. The van der Waals surface area contributed by atoms with E-state index in [2.05, 4.69) is 4.98 Å². The third-order valence-electron chi connectivity index (χ3n) is 4.13. The topological polar surface area (TPSA) is 62.7 Å². The predicted octanol–water partition coefficient (Wildman–Crippen LogP) is 2.66. The Bertz CT molecular complexity index is 686. The summed E-state index contributed by atoms with van der Waals surface area (Å²) < 4.78 is 5.36. The van der Waals surface area contributed by atoms with E-state index in [1.54, 1.807) is 17.4 Å². The van der Waals surface area contributed by atoms with Crippen LogP contribution in [0, 0.1) is 5.92 Å². The van der Waals surface area contributed by atoms with Crippen LogP contribution in [-0.4, -0.2) is 47.7 Å². The fraction of sp³-hybridized carbons (Fsp3) is 0.412. The first kappa shape index (κ1) is 16.0. The van der Waals surface area contributed by atoms with Gasteiger partial charge in [0, 0.05) is 25.1 Å². The predicted molar refractivity (Wildman–Crippen MR) is 89.8 cm³/mol. The maximum absolute atomic E-state index is 12.6. The number of piperidine rings is 1. The van der Waals surface area contributed by atoms with Crippen molar-refractivity contribution in [3.63, 3.8) is 0 Å². The average Bonchev–Trinajstić information content (AvgIpc) is 3.11. The highest BCUT2D eigenvalue weighted by molar-refractivity contribution is 7.13. The molecule has 0 spiro atoms. The Balaban J connectivity index is 1.80. The van der Waals surface area contributed by atoms with Crippen molar-refractivity contribution in [3.05, 3.63) is 35.3 Å². The van der Waals surface area contributed by atoms with Crippen LogP contribution in [0.2, 0.25) is 0 Å². The fourth-order valence-electron chi connectivity index (χ4n) is 2.88. The van der Waals surface area contributed by atoms with Gasteiger partial charge in [-0.2, -0.15) is 0 Å². The summed E-state index contributed by atoms with van der Waals surface area (Å²) in [6.45, 7) is 1.47. The molecule has 1 unspecified atom stereocenters. The smallest absolute Gasteiger partial charge is 0.273 e. The lowest BCUT2D eigenvalue weighted by Crippen LogP contribution is -2.41. The first-order valence-electron chi connectivity index (χ1n) is 7.72. The Hall–Kier alpha value is -1.92. The molecule has 2 aromatic rings. The van der Waals surface area contributed by atoms with E-state index in [9.17, 15) is 9.90 Å². The van der Waals surface area contributed by atoms with E-state index in [4.69, 9.17) is 4.74 Å². The molecule has 0 radical (unpaired) electrons. The number of rotatable bonds is 4. The number of hydrogen-bond acceptors (Lipinski definition) is 5. The van der Waals surface area contributed by atoms with Gasteiger partial charge in [-0.1, -0.05) is 12.1 Å². The van der Waals surface area contributed by atoms with Crippen LogP contribution in [0.1, 0.15) is 23.3 Å². The Kier molecular flexibility index (Phi) is 4.93. The molecule has 1 saturated heterocycles. The van der Waals surface area contributed by atoms with Crippen molar-refractivity contribution < 1.29 is 14.6 Å². The van der Waals surface area contributed by atoms with E-state index in [1.165, 1.54) is 11.3 Å². The maximum atomic E-state index is 12.6. The molecule has 1 fully saturated rings. The molecule has 1 amide bonds. The number of methoxy groups -OCH3 is 1. The second kappa shape index (κ2) is 7.10. The average molecular weight is 332 g/mol. The lowest BCUT2D eigenvalue weighted by atomic mass is 9.99. The second-order valence-electron chi connectivity index (χ2n) is 5.68. The summed E-state index contributed by atoms with van der Waals surface area (Å²) in [5.74, 6) is 0.875. The van der Waals surface area contributed by atoms with E-state index in [0.717, 1.165) is 35.7 Å². The van der Waals surface area contributed by atoms with Crippen LogP contribution in [-0.2, 0) is 0 Å². The summed E-state index contributed by atoms with van der Waals surface area (Å²) in [5, 5.41) is 11.9. The zero-order valence-electron chi connectivity index (χ0n) is 13.1. The Morgan fingerprint density at radius 2 is 2.30 bits per heavy atom. The summed E-state index contributed by atoms with van der Waals surface area (Å²) in [7, 11) is 1.63. The highest BCUT2D eigenvalue weighted by Gasteiger charge is 2.25. The zero-order valence-corrected chi connectivity index (χ0v) is 13.9. The van der Waals surface area contributed by atoms with Crippen LogP contribution < -0.4 is 4.74 Å². The van der Waals surface area contributed by atoms with Crippen molar-refractivity contribution in [1.29, 1.82) is 0 Å². The number of aliphatic hydroxyl groups is 1. The van der Waals surface area contributed by atoms with E-state index in [-0.39, 0.29) is 18.4 Å². The molecule has 2 heterocycles. The summed E-state index contributed by atoms with van der Waals surface area (Å²) >= 11 is 1.44. The Labute approximate surface area is 139 Å². The van der Waals surface area contributed by atoms with E-state index in [0.29, 0.717) is 12.2 Å². The third-order valence-corrected chi connectivity index (χ3v) is 5.00. The van der Waals surface area contributed by atoms with Crippen LogP contribution in [0.15, 0.2) is 29.6 Å². The molecular weight excluding hydrogens is 312 g/mol. The van der Waals surface area contributed by atoms with Crippen molar-refractivity contribution in [2.24, 2.45) is 5.92 Å². The van der Waals surface area contributed by atoms with Crippen LogP contribution in [0.4, 0.5) is 0 Å². The molecular formula is C17H20N2O3S. The zero-order chi connectivity index (χ0) is 16.2.